The molecular formula is C24H28N2O2. The van der Waals surface area contributed by atoms with Gasteiger partial charge in [0.25, 0.3) is 0 Å². The zero-order chi connectivity index (χ0) is 19.8. The minimum atomic E-state index is 0.00538. The predicted octanol–water partition coefficient (Wildman–Crippen LogP) is 3.99. The molecule has 3 rings (SSSR count). The second-order valence-corrected chi connectivity index (χ2v) is 7.18. The lowest BCUT2D eigenvalue weighted by atomic mass is 9.95. The first-order valence-corrected chi connectivity index (χ1v) is 10.0. The van der Waals surface area contributed by atoms with Crippen LogP contribution in [0.3, 0.4) is 0 Å². The standard InChI is InChI=1S/C24H28N2O2/c1-2-25(19-21-11-7-4-8-12-21)24(28)22-15-17-26(18-16-22)23(27)14-13-20-9-5-3-6-10-20/h3-14,22H,2,15-19H2,1H3. The van der Waals surface area contributed by atoms with Crippen molar-refractivity contribution in [1.29, 1.82) is 0 Å². The lowest BCUT2D eigenvalue weighted by Crippen LogP contribution is -2.43. The molecule has 2 aromatic rings. The Morgan fingerprint density at radius 3 is 2.21 bits per heavy atom. The molecule has 0 aromatic heterocycles. The van der Waals surface area contributed by atoms with Crippen LogP contribution in [0.25, 0.3) is 6.08 Å². The summed E-state index contributed by atoms with van der Waals surface area (Å²) in [5, 5.41) is 0. The number of benzene rings is 2. The first kappa shape index (κ1) is 19.9. The molecule has 0 radical (unpaired) electrons. The summed E-state index contributed by atoms with van der Waals surface area (Å²) in [6.45, 7) is 4.64. The number of piperidine rings is 1. The zero-order valence-corrected chi connectivity index (χ0v) is 16.5. The normalized spacial score (nSPS) is 15.0. The van der Waals surface area contributed by atoms with Gasteiger partial charge in [-0.15, -0.1) is 0 Å². The van der Waals surface area contributed by atoms with Crippen molar-refractivity contribution in [1.82, 2.24) is 9.80 Å². The van der Waals surface area contributed by atoms with Gasteiger partial charge in [-0.25, -0.2) is 0 Å². The monoisotopic (exact) mass is 376 g/mol. The Bertz CT molecular complexity index is 794. The van der Waals surface area contributed by atoms with Gasteiger partial charge in [0.1, 0.15) is 0 Å². The van der Waals surface area contributed by atoms with Crippen molar-refractivity contribution < 1.29 is 9.59 Å². The highest BCUT2D eigenvalue weighted by atomic mass is 16.2. The molecule has 0 aliphatic carbocycles. The molecule has 0 spiro atoms. The summed E-state index contributed by atoms with van der Waals surface area (Å²) >= 11 is 0. The van der Waals surface area contributed by atoms with E-state index in [-0.39, 0.29) is 17.7 Å². The van der Waals surface area contributed by atoms with Crippen molar-refractivity contribution in [3.8, 4) is 0 Å². The van der Waals surface area contributed by atoms with E-state index in [0.717, 1.165) is 24.0 Å². The van der Waals surface area contributed by atoms with Gasteiger partial charge in [-0.3, -0.25) is 9.59 Å². The number of rotatable bonds is 6. The van der Waals surface area contributed by atoms with Crippen LogP contribution < -0.4 is 0 Å². The van der Waals surface area contributed by atoms with Crippen molar-refractivity contribution >= 4 is 17.9 Å². The van der Waals surface area contributed by atoms with Gasteiger partial charge in [0.15, 0.2) is 0 Å². The third kappa shape index (κ3) is 5.32. The molecule has 2 aromatic carbocycles. The summed E-state index contributed by atoms with van der Waals surface area (Å²) in [7, 11) is 0. The molecule has 4 heteroatoms. The summed E-state index contributed by atoms with van der Waals surface area (Å²) in [5.41, 5.74) is 2.16. The average molecular weight is 377 g/mol. The fourth-order valence-electron chi connectivity index (χ4n) is 3.59. The quantitative estimate of drug-likeness (QED) is 0.716. The van der Waals surface area contributed by atoms with E-state index in [4.69, 9.17) is 0 Å². The molecule has 1 aliphatic heterocycles. The molecule has 0 unspecified atom stereocenters. The van der Waals surface area contributed by atoms with Gasteiger partial charge in [-0.05, 0) is 37.0 Å². The average Bonchev–Trinajstić information content (AvgIpc) is 2.77. The summed E-state index contributed by atoms with van der Waals surface area (Å²) in [5.74, 6) is 0.232. The predicted molar refractivity (Wildman–Crippen MR) is 112 cm³/mol. The number of nitrogens with zero attached hydrogens (tertiary/aromatic N) is 2. The van der Waals surface area contributed by atoms with Gasteiger partial charge in [-0.2, -0.15) is 0 Å². The number of hydrogen-bond donors (Lipinski definition) is 0. The van der Waals surface area contributed by atoms with E-state index in [1.165, 1.54) is 0 Å². The highest BCUT2D eigenvalue weighted by Crippen LogP contribution is 2.21. The Morgan fingerprint density at radius 2 is 1.61 bits per heavy atom. The van der Waals surface area contributed by atoms with Gasteiger partial charge in [-0.1, -0.05) is 60.7 Å². The maximum Gasteiger partial charge on any atom is 0.246 e. The molecule has 0 bridgehead atoms. The van der Waals surface area contributed by atoms with Crippen LogP contribution in [0.2, 0.25) is 0 Å². The highest BCUT2D eigenvalue weighted by Gasteiger charge is 2.29. The van der Waals surface area contributed by atoms with E-state index in [1.54, 1.807) is 6.08 Å². The van der Waals surface area contributed by atoms with Gasteiger partial charge in [0.05, 0.1) is 0 Å². The third-order valence-corrected chi connectivity index (χ3v) is 5.28. The third-order valence-electron chi connectivity index (χ3n) is 5.28. The molecule has 0 saturated carbocycles. The maximum absolute atomic E-state index is 12.9. The van der Waals surface area contributed by atoms with Crippen LogP contribution in [0.15, 0.2) is 66.7 Å². The van der Waals surface area contributed by atoms with Gasteiger partial charge in [0.2, 0.25) is 11.8 Å². The Labute approximate surface area is 167 Å². The lowest BCUT2D eigenvalue weighted by molar-refractivity contribution is -0.139. The topological polar surface area (TPSA) is 40.6 Å². The minimum Gasteiger partial charge on any atom is -0.339 e. The molecular weight excluding hydrogens is 348 g/mol. The van der Waals surface area contributed by atoms with E-state index >= 15 is 0 Å². The van der Waals surface area contributed by atoms with Crippen LogP contribution in [-0.2, 0) is 16.1 Å². The molecule has 0 N–H and O–H groups in total. The van der Waals surface area contributed by atoms with Crippen molar-refractivity contribution in [2.75, 3.05) is 19.6 Å². The van der Waals surface area contributed by atoms with Crippen molar-refractivity contribution in [3.63, 3.8) is 0 Å². The summed E-state index contributed by atoms with van der Waals surface area (Å²) in [4.78, 5) is 29.1. The fraction of sp³-hybridized carbons (Fsp3) is 0.333. The fourth-order valence-corrected chi connectivity index (χ4v) is 3.59. The molecule has 2 amide bonds. The van der Waals surface area contributed by atoms with E-state index < -0.39 is 0 Å². The largest absolute Gasteiger partial charge is 0.339 e. The Balaban J connectivity index is 1.51. The number of hydrogen-bond acceptors (Lipinski definition) is 2. The molecule has 1 heterocycles. The summed E-state index contributed by atoms with van der Waals surface area (Å²) in [6.07, 6.45) is 4.94. The summed E-state index contributed by atoms with van der Waals surface area (Å²) in [6, 6.07) is 19.9. The number of carbonyl (C=O) groups is 2. The molecule has 1 aliphatic rings. The van der Waals surface area contributed by atoms with Gasteiger partial charge < -0.3 is 9.80 Å². The smallest absolute Gasteiger partial charge is 0.246 e. The van der Waals surface area contributed by atoms with E-state index in [9.17, 15) is 9.59 Å². The zero-order valence-electron chi connectivity index (χ0n) is 16.5. The molecule has 0 atom stereocenters. The SMILES string of the molecule is CCN(Cc1ccccc1)C(=O)C1CCN(C(=O)C=Cc2ccccc2)CC1. The maximum atomic E-state index is 12.9. The van der Waals surface area contributed by atoms with E-state index in [1.807, 2.05) is 71.3 Å². The van der Waals surface area contributed by atoms with Crippen LogP contribution in [0.5, 0.6) is 0 Å². The van der Waals surface area contributed by atoms with E-state index in [0.29, 0.717) is 26.2 Å². The second kappa shape index (κ2) is 9.88. The Kier molecular flexibility index (Phi) is 7.01. The second-order valence-electron chi connectivity index (χ2n) is 7.18. The van der Waals surface area contributed by atoms with Crippen molar-refractivity contribution in [2.45, 2.75) is 26.3 Å². The highest BCUT2D eigenvalue weighted by molar-refractivity contribution is 5.92. The van der Waals surface area contributed by atoms with Crippen LogP contribution in [0.4, 0.5) is 0 Å². The Morgan fingerprint density at radius 1 is 1.00 bits per heavy atom. The Hall–Kier alpha value is -2.88. The van der Waals surface area contributed by atoms with Gasteiger partial charge in [0, 0.05) is 38.2 Å². The molecule has 146 valence electrons. The molecule has 1 fully saturated rings. The molecule has 4 nitrogen and oxygen atoms in total. The number of likely N-dealkylation sites (tertiary alicyclic amines) is 1. The van der Waals surface area contributed by atoms with Crippen LogP contribution in [0, 0.1) is 5.92 Å². The molecule has 1 saturated heterocycles. The number of carbonyl (C=O) groups excluding carboxylic acids is 2. The first-order chi connectivity index (χ1) is 13.7. The lowest BCUT2D eigenvalue weighted by Gasteiger charge is -2.33. The van der Waals surface area contributed by atoms with Crippen molar-refractivity contribution in [2.24, 2.45) is 5.92 Å². The summed E-state index contributed by atoms with van der Waals surface area (Å²) < 4.78 is 0. The van der Waals surface area contributed by atoms with Crippen LogP contribution >= 0.6 is 0 Å². The van der Waals surface area contributed by atoms with E-state index in [2.05, 4.69) is 12.1 Å². The van der Waals surface area contributed by atoms with Gasteiger partial charge >= 0.3 is 0 Å². The first-order valence-electron chi connectivity index (χ1n) is 10.0. The van der Waals surface area contributed by atoms with Crippen LogP contribution in [0.1, 0.15) is 30.9 Å². The minimum absolute atomic E-state index is 0.00538. The molecule has 28 heavy (non-hydrogen) atoms. The van der Waals surface area contributed by atoms with Crippen molar-refractivity contribution in [3.05, 3.63) is 77.9 Å². The van der Waals surface area contributed by atoms with Crippen LogP contribution in [-0.4, -0.2) is 41.2 Å². The number of amides is 2.